The average molecular weight is 282 g/mol. The molecule has 0 N–H and O–H groups in total. The van der Waals surface area contributed by atoms with Crippen LogP contribution in [0.3, 0.4) is 0 Å². The summed E-state index contributed by atoms with van der Waals surface area (Å²) in [5.74, 6) is 2.07. The van der Waals surface area contributed by atoms with Crippen LogP contribution in [-0.2, 0) is 0 Å². The Balaban J connectivity index is 1.72. The molecule has 0 heterocycles. The van der Waals surface area contributed by atoms with Crippen molar-refractivity contribution in [3.63, 3.8) is 0 Å². The first-order valence-electron chi connectivity index (χ1n) is 8.51. The van der Waals surface area contributed by atoms with Crippen LogP contribution >= 0.6 is 0 Å². The van der Waals surface area contributed by atoms with E-state index < -0.39 is 0 Å². The van der Waals surface area contributed by atoms with E-state index in [0.717, 1.165) is 36.7 Å². The lowest BCUT2D eigenvalue weighted by molar-refractivity contribution is -0.0820. The van der Waals surface area contributed by atoms with Gasteiger partial charge in [-0.3, -0.25) is 4.79 Å². The first-order valence-corrected chi connectivity index (χ1v) is 8.51. The summed E-state index contributed by atoms with van der Waals surface area (Å²) < 4.78 is 0. The molecule has 4 saturated carbocycles. The van der Waals surface area contributed by atoms with Gasteiger partial charge in [0.25, 0.3) is 0 Å². The van der Waals surface area contributed by atoms with Crippen LogP contribution in [0, 0.1) is 36.5 Å². The maximum Gasteiger partial charge on any atom is 0.169 e. The van der Waals surface area contributed by atoms with Crippen molar-refractivity contribution in [3.8, 4) is 0 Å². The third kappa shape index (κ3) is 2.00. The minimum absolute atomic E-state index is 0.0273. The summed E-state index contributed by atoms with van der Waals surface area (Å²) in [4.78, 5) is 13.3. The lowest BCUT2D eigenvalue weighted by Crippen LogP contribution is -2.54. The Kier molecular flexibility index (Phi) is 2.72. The van der Waals surface area contributed by atoms with E-state index in [1.54, 1.807) is 0 Å². The van der Waals surface area contributed by atoms with E-state index in [2.05, 4.69) is 39.0 Å². The maximum absolute atomic E-state index is 13.3. The Labute approximate surface area is 128 Å². The normalized spacial score (nSPS) is 40.5. The number of Topliss-reactive ketones (excluding diaryl/α,β-unsaturated/α-hetero) is 1. The lowest BCUT2D eigenvalue weighted by Gasteiger charge is -2.60. The van der Waals surface area contributed by atoms with Gasteiger partial charge in [0, 0.05) is 11.0 Å². The zero-order valence-corrected chi connectivity index (χ0v) is 13.5. The van der Waals surface area contributed by atoms with Gasteiger partial charge in [0.1, 0.15) is 0 Å². The molecule has 0 saturated heterocycles. The molecule has 0 radical (unpaired) electrons. The first kappa shape index (κ1) is 13.5. The van der Waals surface area contributed by atoms with E-state index in [4.69, 9.17) is 0 Å². The minimum Gasteiger partial charge on any atom is -0.294 e. The number of carbonyl (C=O) groups excluding carboxylic acids is 1. The summed E-state index contributed by atoms with van der Waals surface area (Å²) in [6, 6.07) is 6.30. The van der Waals surface area contributed by atoms with E-state index in [1.165, 1.54) is 30.4 Å². The monoisotopic (exact) mass is 282 g/mol. The van der Waals surface area contributed by atoms with Gasteiger partial charge in [0.2, 0.25) is 0 Å². The van der Waals surface area contributed by atoms with Gasteiger partial charge in [-0.1, -0.05) is 19.1 Å². The van der Waals surface area contributed by atoms with E-state index in [9.17, 15) is 4.79 Å². The number of benzene rings is 1. The standard InChI is InChI=1S/C20H26O/c1-13-4-5-17(6-14(13)2)18(21)20-10-15-7-16(11-20)9-19(3,8-15)12-20/h4-6,15-16H,7-12H2,1-3H3. The predicted molar refractivity (Wildman–Crippen MR) is 85.5 cm³/mol. The van der Waals surface area contributed by atoms with Gasteiger partial charge in [-0.25, -0.2) is 0 Å². The number of hydrogen-bond donors (Lipinski definition) is 0. The van der Waals surface area contributed by atoms with Crippen molar-refractivity contribution in [1.82, 2.24) is 0 Å². The van der Waals surface area contributed by atoms with Crippen molar-refractivity contribution in [2.45, 2.75) is 59.3 Å². The molecule has 5 rings (SSSR count). The van der Waals surface area contributed by atoms with Crippen molar-refractivity contribution >= 4 is 5.78 Å². The summed E-state index contributed by atoms with van der Waals surface area (Å²) in [5.41, 5.74) is 3.91. The third-order valence-electron chi connectivity index (χ3n) is 6.60. The zero-order chi connectivity index (χ0) is 14.8. The summed E-state index contributed by atoms with van der Waals surface area (Å²) in [6.07, 6.45) is 7.57. The van der Waals surface area contributed by atoms with Crippen molar-refractivity contribution in [2.75, 3.05) is 0 Å². The Hall–Kier alpha value is -1.11. The number of rotatable bonds is 2. The van der Waals surface area contributed by atoms with Crippen LogP contribution in [0.5, 0.6) is 0 Å². The number of hydrogen-bond acceptors (Lipinski definition) is 1. The molecule has 112 valence electrons. The second-order valence-corrected chi connectivity index (χ2v) is 8.68. The Morgan fingerprint density at radius 1 is 1.05 bits per heavy atom. The molecular formula is C20H26O. The maximum atomic E-state index is 13.3. The molecule has 4 fully saturated rings. The highest BCUT2D eigenvalue weighted by molar-refractivity contribution is 6.01. The van der Waals surface area contributed by atoms with E-state index in [0.29, 0.717) is 11.2 Å². The molecule has 2 unspecified atom stereocenters. The smallest absolute Gasteiger partial charge is 0.169 e. The molecule has 0 aromatic heterocycles. The van der Waals surface area contributed by atoms with Gasteiger partial charge in [-0.05, 0) is 86.8 Å². The molecule has 0 spiro atoms. The number of aryl methyl sites for hydroxylation is 2. The van der Waals surface area contributed by atoms with E-state index >= 15 is 0 Å². The van der Waals surface area contributed by atoms with Crippen LogP contribution in [0.15, 0.2) is 18.2 Å². The molecule has 4 aliphatic carbocycles. The topological polar surface area (TPSA) is 17.1 Å². The van der Waals surface area contributed by atoms with Crippen LogP contribution in [0.4, 0.5) is 0 Å². The summed E-state index contributed by atoms with van der Waals surface area (Å²) in [6.45, 7) is 6.68. The second kappa shape index (κ2) is 4.21. The third-order valence-corrected chi connectivity index (χ3v) is 6.60. The molecule has 1 nitrogen and oxygen atoms in total. The highest BCUT2D eigenvalue weighted by Crippen LogP contribution is 2.65. The molecule has 21 heavy (non-hydrogen) atoms. The molecule has 0 amide bonds. The molecule has 2 atom stereocenters. The SMILES string of the molecule is Cc1ccc(C(=O)C23CC4CC(CC(C)(C4)C2)C3)cc1C. The van der Waals surface area contributed by atoms with E-state index in [1.807, 2.05) is 0 Å². The summed E-state index contributed by atoms with van der Waals surface area (Å²) in [7, 11) is 0. The Morgan fingerprint density at radius 2 is 1.71 bits per heavy atom. The molecule has 4 aliphatic rings. The molecular weight excluding hydrogens is 256 g/mol. The Morgan fingerprint density at radius 3 is 2.29 bits per heavy atom. The molecule has 0 aliphatic heterocycles. The van der Waals surface area contributed by atoms with Gasteiger partial charge in [0.05, 0.1) is 0 Å². The lowest BCUT2D eigenvalue weighted by atomic mass is 9.43. The van der Waals surface area contributed by atoms with Crippen LogP contribution in [0.2, 0.25) is 0 Å². The highest BCUT2D eigenvalue weighted by atomic mass is 16.1. The molecule has 1 heteroatoms. The van der Waals surface area contributed by atoms with Gasteiger partial charge in [-0.15, -0.1) is 0 Å². The quantitative estimate of drug-likeness (QED) is 0.690. The second-order valence-electron chi connectivity index (χ2n) is 8.68. The molecule has 4 bridgehead atoms. The summed E-state index contributed by atoms with van der Waals surface area (Å²) in [5, 5.41) is 0. The van der Waals surface area contributed by atoms with Crippen LogP contribution in [0.25, 0.3) is 0 Å². The Bertz CT molecular complexity index is 598. The van der Waals surface area contributed by atoms with Crippen molar-refractivity contribution < 1.29 is 4.79 Å². The zero-order valence-electron chi connectivity index (χ0n) is 13.5. The van der Waals surface area contributed by atoms with Gasteiger partial charge in [0.15, 0.2) is 5.78 Å². The van der Waals surface area contributed by atoms with E-state index in [-0.39, 0.29) is 5.41 Å². The fourth-order valence-electron chi connectivity index (χ4n) is 6.17. The molecule has 1 aromatic rings. The number of ketones is 1. The predicted octanol–water partition coefficient (Wildman–Crippen LogP) is 5.09. The fourth-order valence-corrected chi connectivity index (χ4v) is 6.17. The van der Waals surface area contributed by atoms with Crippen LogP contribution < -0.4 is 0 Å². The van der Waals surface area contributed by atoms with Crippen LogP contribution in [-0.4, -0.2) is 5.78 Å². The van der Waals surface area contributed by atoms with Gasteiger partial charge < -0.3 is 0 Å². The fraction of sp³-hybridized carbons (Fsp3) is 0.650. The molecule has 1 aromatic carbocycles. The van der Waals surface area contributed by atoms with Crippen molar-refractivity contribution in [3.05, 3.63) is 34.9 Å². The van der Waals surface area contributed by atoms with Crippen molar-refractivity contribution in [1.29, 1.82) is 0 Å². The number of carbonyl (C=O) groups is 1. The average Bonchev–Trinajstić information content (AvgIpc) is 2.38. The minimum atomic E-state index is -0.0273. The first-order chi connectivity index (χ1) is 9.89. The van der Waals surface area contributed by atoms with Gasteiger partial charge in [-0.2, -0.15) is 0 Å². The van der Waals surface area contributed by atoms with Gasteiger partial charge >= 0.3 is 0 Å². The van der Waals surface area contributed by atoms with Crippen LogP contribution in [0.1, 0.15) is 66.9 Å². The largest absolute Gasteiger partial charge is 0.294 e. The summed E-state index contributed by atoms with van der Waals surface area (Å²) >= 11 is 0. The van der Waals surface area contributed by atoms with Crippen molar-refractivity contribution in [2.24, 2.45) is 22.7 Å². The highest BCUT2D eigenvalue weighted by Gasteiger charge is 2.58.